The maximum atomic E-state index is 11.9. The number of aliphatic carboxylic acids is 1. The summed E-state index contributed by atoms with van der Waals surface area (Å²) in [5, 5.41) is 23.1. The molecule has 3 amide bonds. The summed E-state index contributed by atoms with van der Waals surface area (Å²) in [5.41, 5.74) is 3.44. The molecule has 0 saturated carbocycles. The Morgan fingerprint density at radius 3 is 2.25 bits per heavy atom. The fourth-order valence-electron chi connectivity index (χ4n) is 1.66. The van der Waals surface area contributed by atoms with E-state index in [0.717, 1.165) is 0 Å². The molecule has 0 bridgehead atoms. The molecule has 0 aromatic carbocycles. The third kappa shape index (κ3) is 8.30. The Bertz CT molecular complexity index is 368. The molecule has 0 aliphatic heterocycles. The van der Waals surface area contributed by atoms with Crippen molar-refractivity contribution in [2.24, 2.45) is 11.7 Å². The summed E-state index contributed by atoms with van der Waals surface area (Å²) in [6.07, 6.45) is -0.110. The van der Waals surface area contributed by atoms with Crippen LogP contribution in [-0.4, -0.2) is 46.3 Å². The van der Waals surface area contributed by atoms with E-state index in [1.165, 1.54) is 6.92 Å². The molecule has 0 aromatic rings. The first-order chi connectivity index (χ1) is 9.03. The highest BCUT2D eigenvalue weighted by Crippen LogP contribution is 2.09. The van der Waals surface area contributed by atoms with Gasteiger partial charge in [-0.25, -0.2) is 4.79 Å². The summed E-state index contributed by atoms with van der Waals surface area (Å²) in [6.45, 7) is 4.83. The van der Waals surface area contributed by atoms with Crippen LogP contribution in [0.3, 0.4) is 0 Å². The first kappa shape index (κ1) is 18.2. The molecule has 0 aliphatic carbocycles. The van der Waals surface area contributed by atoms with E-state index in [4.69, 9.17) is 10.8 Å². The van der Waals surface area contributed by atoms with Crippen LogP contribution in [-0.2, 0) is 9.59 Å². The van der Waals surface area contributed by atoms with Crippen LogP contribution in [0.2, 0.25) is 0 Å². The van der Waals surface area contributed by atoms with Crippen LogP contribution in [0.5, 0.6) is 0 Å². The molecule has 0 aliphatic rings. The first-order valence-electron chi connectivity index (χ1n) is 6.31. The predicted molar refractivity (Wildman–Crippen MR) is 71.8 cm³/mol. The number of hydrogen-bond donors (Lipinski definition) is 5. The van der Waals surface area contributed by atoms with Gasteiger partial charge >= 0.3 is 12.0 Å². The van der Waals surface area contributed by atoms with Crippen LogP contribution < -0.4 is 16.4 Å². The summed E-state index contributed by atoms with van der Waals surface area (Å²) < 4.78 is 0. The molecule has 0 fully saturated rings. The van der Waals surface area contributed by atoms with E-state index in [0.29, 0.717) is 6.42 Å². The highest BCUT2D eigenvalue weighted by molar-refractivity contribution is 5.86. The Kier molecular flexibility index (Phi) is 6.98. The number of nitrogens with one attached hydrogen (secondary N) is 2. The van der Waals surface area contributed by atoms with Gasteiger partial charge in [0.2, 0.25) is 5.91 Å². The van der Waals surface area contributed by atoms with Crippen LogP contribution in [0.15, 0.2) is 0 Å². The predicted octanol–water partition coefficient (Wildman–Crippen LogP) is -0.589. The van der Waals surface area contributed by atoms with E-state index >= 15 is 0 Å². The van der Waals surface area contributed by atoms with Crippen LogP contribution in [0, 0.1) is 5.92 Å². The van der Waals surface area contributed by atoms with Gasteiger partial charge in [0.25, 0.3) is 0 Å². The summed E-state index contributed by atoms with van der Waals surface area (Å²) in [6, 6.07) is -1.63. The average Bonchev–Trinajstić information content (AvgIpc) is 2.22. The molecule has 0 aromatic heterocycles. The minimum absolute atomic E-state index is 0.150. The van der Waals surface area contributed by atoms with Gasteiger partial charge in [-0.15, -0.1) is 0 Å². The van der Waals surface area contributed by atoms with Crippen LogP contribution in [0.4, 0.5) is 4.79 Å². The number of carbonyl (C=O) groups excluding carboxylic acids is 2. The molecule has 0 rings (SSSR count). The Balaban J connectivity index is 4.52. The maximum absolute atomic E-state index is 11.9. The number of carbonyl (C=O) groups is 3. The molecule has 2 unspecified atom stereocenters. The van der Waals surface area contributed by atoms with Crippen molar-refractivity contribution < 1.29 is 24.6 Å². The summed E-state index contributed by atoms with van der Waals surface area (Å²) in [4.78, 5) is 33.3. The number of amides is 3. The lowest BCUT2D eigenvalue weighted by Gasteiger charge is -2.24. The van der Waals surface area contributed by atoms with Gasteiger partial charge in [0.15, 0.2) is 0 Å². The molecule has 8 heteroatoms. The average molecular weight is 289 g/mol. The molecule has 0 heterocycles. The van der Waals surface area contributed by atoms with E-state index in [1.807, 2.05) is 13.8 Å². The van der Waals surface area contributed by atoms with Crippen LogP contribution in [0.25, 0.3) is 0 Å². The standard InChI is InChI=1S/C12H23N3O5/c1-7(2)4-8(15-11(13)19)10(18)14-6-12(3,20)5-9(16)17/h7-8,20H,4-6H2,1-3H3,(H,14,18)(H,16,17)(H3,13,15,19). The largest absolute Gasteiger partial charge is 0.481 e. The number of aliphatic hydroxyl groups is 1. The molecule has 116 valence electrons. The van der Waals surface area contributed by atoms with Crippen molar-refractivity contribution in [3.8, 4) is 0 Å². The second-order valence-corrected chi connectivity index (χ2v) is 5.48. The minimum atomic E-state index is -1.56. The number of carboxylic acid groups (broad SMARTS) is 1. The second-order valence-electron chi connectivity index (χ2n) is 5.48. The third-order valence-corrected chi connectivity index (χ3v) is 2.52. The van der Waals surface area contributed by atoms with Gasteiger partial charge in [0, 0.05) is 6.54 Å². The van der Waals surface area contributed by atoms with Crippen molar-refractivity contribution in [3.05, 3.63) is 0 Å². The number of carboxylic acids is 1. The summed E-state index contributed by atoms with van der Waals surface area (Å²) in [7, 11) is 0. The Morgan fingerprint density at radius 1 is 1.30 bits per heavy atom. The zero-order valence-corrected chi connectivity index (χ0v) is 12.0. The first-order valence-corrected chi connectivity index (χ1v) is 6.31. The maximum Gasteiger partial charge on any atom is 0.312 e. The van der Waals surface area contributed by atoms with Gasteiger partial charge in [-0.3, -0.25) is 9.59 Å². The topological polar surface area (TPSA) is 142 Å². The Hall–Kier alpha value is -1.83. The lowest BCUT2D eigenvalue weighted by molar-refractivity contribution is -0.142. The van der Waals surface area contributed by atoms with Crippen LogP contribution in [0.1, 0.15) is 33.6 Å². The van der Waals surface area contributed by atoms with E-state index < -0.39 is 36.0 Å². The van der Waals surface area contributed by atoms with Gasteiger partial charge in [0.05, 0.1) is 12.0 Å². The Morgan fingerprint density at radius 2 is 1.85 bits per heavy atom. The summed E-state index contributed by atoms with van der Waals surface area (Å²) >= 11 is 0. The molecule has 0 spiro atoms. The van der Waals surface area contributed by atoms with Crippen molar-refractivity contribution in [2.45, 2.75) is 45.3 Å². The minimum Gasteiger partial charge on any atom is -0.481 e. The van der Waals surface area contributed by atoms with E-state index in [-0.39, 0.29) is 12.5 Å². The zero-order valence-electron chi connectivity index (χ0n) is 12.0. The van der Waals surface area contributed by atoms with Gasteiger partial charge < -0.3 is 26.6 Å². The zero-order chi connectivity index (χ0) is 15.9. The summed E-state index contributed by atoms with van der Waals surface area (Å²) in [5.74, 6) is -1.53. The molecule has 0 saturated heterocycles. The van der Waals surface area contributed by atoms with Gasteiger partial charge in [0.1, 0.15) is 6.04 Å². The van der Waals surface area contributed by atoms with E-state index in [9.17, 15) is 19.5 Å². The lowest BCUT2D eigenvalue weighted by Crippen LogP contribution is -2.52. The van der Waals surface area contributed by atoms with Gasteiger partial charge in [-0.1, -0.05) is 13.8 Å². The van der Waals surface area contributed by atoms with E-state index in [2.05, 4.69) is 10.6 Å². The number of primary amides is 1. The molecular weight excluding hydrogens is 266 g/mol. The monoisotopic (exact) mass is 289 g/mol. The van der Waals surface area contributed by atoms with Crippen molar-refractivity contribution in [1.82, 2.24) is 10.6 Å². The van der Waals surface area contributed by atoms with Gasteiger partial charge in [-0.2, -0.15) is 0 Å². The quantitative estimate of drug-likeness (QED) is 0.406. The number of rotatable bonds is 8. The Labute approximate surface area is 117 Å². The molecular formula is C12H23N3O5. The fourth-order valence-corrected chi connectivity index (χ4v) is 1.66. The van der Waals surface area contributed by atoms with Crippen molar-refractivity contribution in [3.63, 3.8) is 0 Å². The molecule has 0 radical (unpaired) electrons. The number of urea groups is 1. The molecule has 2 atom stereocenters. The van der Waals surface area contributed by atoms with Crippen molar-refractivity contribution in [2.75, 3.05) is 6.54 Å². The van der Waals surface area contributed by atoms with Crippen LogP contribution >= 0.6 is 0 Å². The van der Waals surface area contributed by atoms with E-state index in [1.54, 1.807) is 0 Å². The third-order valence-electron chi connectivity index (χ3n) is 2.52. The molecule has 20 heavy (non-hydrogen) atoms. The van der Waals surface area contributed by atoms with Gasteiger partial charge in [-0.05, 0) is 19.3 Å². The molecule has 8 nitrogen and oxygen atoms in total. The number of hydrogen-bond acceptors (Lipinski definition) is 4. The SMILES string of the molecule is CC(C)CC(NC(N)=O)C(=O)NCC(C)(O)CC(=O)O. The van der Waals surface area contributed by atoms with Crippen molar-refractivity contribution >= 4 is 17.9 Å². The highest BCUT2D eigenvalue weighted by atomic mass is 16.4. The smallest absolute Gasteiger partial charge is 0.312 e. The van der Waals surface area contributed by atoms with Crippen molar-refractivity contribution in [1.29, 1.82) is 0 Å². The normalized spacial score (nSPS) is 15.2. The fraction of sp³-hybridized carbons (Fsp3) is 0.750. The second kappa shape index (κ2) is 7.68. The molecule has 6 N–H and O–H groups in total. The lowest BCUT2D eigenvalue weighted by atomic mass is 10.0. The number of nitrogens with two attached hydrogens (primary N) is 1. The highest BCUT2D eigenvalue weighted by Gasteiger charge is 2.27.